The van der Waals surface area contributed by atoms with Gasteiger partial charge in [0.1, 0.15) is 35.6 Å². The molecule has 2 aromatic heterocycles. The van der Waals surface area contributed by atoms with E-state index in [1.807, 2.05) is 56.7 Å². The molecule has 3 N–H and O–H groups in total. The van der Waals surface area contributed by atoms with E-state index in [4.69, 9.17) is 28.9 Å². The highest BCUT2D eigenvalue weighted by molar-refractivity contribution is 6.07. The van der Waals surface area contributed by atoms with Crippen LogP contribution in [0.5, 0.6) is 5.75 Å². The van der Waals surface area contributed by atoms with Crippen LogP contribution in [-0.2, 0) is 25.6 Å². The average molecular weight is 790 g/mol. The molecule has 6 atom stereocenters. The van der Waals surface area contributed by atoms with Crippen LogP contribution in [0.1, 0.15) is 83.2 Å². The van der Waals surface area contributed by atoms with Crippen molar-refractivity contribution in [2.45, 2.75) is 90.3 Å². The van der Waals surface area contributed by atoms with Crippen LogP contribution < -0.4 is 10.1 Å². The predicted molar refractivity (Wildman–Crippen MR) is 217 cm³/mol. The molecule has 1 saturated carbocycles. The van der Waals surface area contributed by atoms with Crippen molar-refractivity contribution >= 4 is 39.9 Å². The second kappa shape index (κ2) is 14.3. The molecular weight excluding hydrogens is 739 g/mol. The van der Waals surface area contributed by atoms with Gasteiger partial charge in [-0.15, -0.1) is 0 Å². The summed E-state index contributed by atoms with van der Waals surface area (Å²) in [7, 11) is 2.95. The molecule has 304 valence electrons. The number of piperidine rings is 1. The number of hydrogen-bond acceptors (Lipinski definition) is 9. The minimum absolute atomic E-state index is 0.120. The van der Waals surface area contributed by atoms with E-state index in [9.17, 15) is 14.4 Å². The first-order valence-corrected chi connectivity index (χ1v) is 20.2. The molecule has 3 aliphatic heterocycles. The highest BCUT2D eigenvalue weighted by atomic mass is 16.6. The summed E-state index contributed by atoms with van der Waals surface area (Å²) in [6.07, 6.45) is 3.46. The topological polar surface area (TPSA) is 164 Å². The lowest BCUT2D eigenvalue weighted by Crippen LogP contribution is -2.51. The van der Waals surface area contributed by atoms with Crippen LogP contribution in [0.15, 0.2) is 48.7 Å². The summed E-state index contributed by atoms with van der Waals surface area (Å²) in [5, 5.41) is 4.80. The third kappa shape index (κ3) is 6.80. The maximum Gasteiger partial charge on any atom is 0.411 e. The number of amides is 3. The molecule has 0 unspecified atom stereocenters. The zero-order valence-corrected chi connectivity index (χ0v) is 34.0. The first-order chi connectivity index (χ1) is 27.8. The molecule has 4 aliphatic rings. The van der Waals surface area contributed by atoms with Crippen LogP contribution >= 0.6 is 0 Å². The molecule has 3 aromatic carbocycles. The number of nitrogens with one attached hydrogen (secondary N) is 3. The van der Waals surface area contributed by atoms with E-state index in [0.717, 1.165) is 74.2 Å². The zero-order valence-electron chi connectivity index (χ0n) is 34.0. The van der Waals surface area contributed by atoms with E-state index in [1.165, 1.54) is 7.11 Å². The Hall–Kier alpha value is -5.63. The van der Waals surface area contributed by atoms with Crippen molar-refractivity contribution in [1.29, 1.82) is 0 Å². The third-order valence-corrected chi connectivity index (χ3v) is 12.1. The second-order valence-electron chi connectivity index (χ2n) is 17.6. The summed E-state index contributed by atoms with van der Waals surface area (Å²) in [6, 6.07) is 13.8. The summed E-state index contributed by atoms with van der Waals surface area (Å²) >= 11 is 0. The van der Waals surface area contributed by atoms with Gasteiger partial charge in [-0.25, -0.2) is 19.6 Å². The summed E-state index contributed by atoms with van der Waals surface area (Å²) < 4.78 is 22.5. The van der Waals surface area contributed by atoms with Gasteiger partial charge in [0.2, 0.25) is 5.91 Å². The molecule has 5 aromatic rings. The molecule has 3 amide bonds. The lowest BCUT2D eigenvalue weighted by Gasteiger charge is -2.30. The number of methoxy groups -OCH3 is 2. The van der Waals surface area contributed by atoms with Gasteiger partial charge in [-0.05, 0) is 98.2 Å². The standard InChI is InChI=1S/C44H51N7O7/c1-22(2)37(49-42(53)56-7)41(52)50-19-23(20-55-6)12-34(50)39-45-18-32(47-39)25-8-10-28-27(13-25)21-57-36-17-29-24(14-30(28)36)9-11-31-38(29)48-40(46-31)35-16-26-15-33(26)51(35)43(54)58-44(3,4)5/h8-11,13-14,17-18,22-23,26,33-35,37H,12,15-16,19-21H2,1-7H3,(H,45,47)(H,46,48)(H,49,53)/t23-,26+,33+,34+,35+,37-/m0/s1. The molecule has 14 nitrogen and oxygen atoms in total. The van der Waals surface area contributed by atoms with Crippen molar-refractivity contribution in [3.63, 3.8) is 0 Å². The highest BCUT2D eigenvalue weighted by Gasteiger charge is 2.56. The molecule has 5 heterocycles. The smallest absolute Gasteiger partial charge is 0.411 e. The number of alkyl carbamates (subject to hydrolysis) is 1. The molecule has 0 radical (unpaired) electrons. The second-order valence-corrected chi connectivity index (χ2v) is 17.6. The van der Waals surface area contributed by atoms with Crippen LogP contribution in [-0.4, -0.2) is 92.9 Å². The minimum Gasteiger partial charge on any atom is -0.488 e. The maximum absolute atomic E-state index is 13.9. The first-order valence-electron chi connectivity index (χ1n) is 20.2. The number of hydrogen-bond donors (Lipinski definition) is 3. The number of ether oxygens (including phenoxy) is 4. The third-order valence-electron chi connectivity index (χ3n) is 12.1. The Morgan fingerprint density at radius 2 is 1.81 bits per heavy atom. The fraction of sp³-hybridized carbons (Fsp3) is 0.477. The number of aromatic amines is 2. The molecule has 2 saturated heterocycles. The van der Waals surface area contributed by atoms with E-state index in [2.05, 4.69) is 51.7 Å². The monoisotopic (exact) mass is 789 g/mol. The number of nitrogens with zero attached hydrogens (tertiary/aromatic N) is 4. The van der Waals surface area contributed by atoms with Gasteiger partial charge in [-0.2, -0.15) is 0 Å². The summed E-state index contributed by atoms with van der Waals surface area (Å²) in [6.45, 7) is 10.9. The number of carbonyl (C=O) groups excluding carboxylic acids is 3. The van der Waals surface area contributed by atoms with Crippen molar-refractivity contribution in [3.05, 3.63) is 65.9 Å². The quantitative estimate of drug-likeness (QED) is 0.143. The van der Waals surface area contributed by atoms with Crippen molar-refractivity contribution in [3.8, 4) is 28.1 Å². The van der Waals surface area contributed by atoms with Crippen LogP contribution in [0.4, 0.5) is 9.59 Å². The highest BCUT2D eigenvalue weighted by Crippen LogP contribution is 2.54. The van der Waals surface area contributed by atoms with Gasteiger partial charge in [0.05, 0.1) is 48.7 Å². The van der Waals surface area contributed by atoms with Crippen molar-refractivity contribution in [2.75, 3.05) is 27.4 Å². The van der Waals surface area contributed by atoms with Gasteiger partial charge in [0.15, 0.2) is 0 Å². The predicted octanol–water partition coefficient (Wildman–Crippen LogP) is 7.65. The van der Waals surface area contributed by atoms with E-state index in [1.54, 1.807) is 7.11 Å². The zero-order chi connectivity index (χ0) is 40.6. The van der Waals surface area contributed by atoms with Gasteiger partial charge in [0, 0.05) is 36.6 Å². The fourth-order valence-corrected chi connectivity index (χ4v) is 9.23. The largest absolute Gasteiger partial charge is 0.488 e. The Morgan fingerprint density at radius 1 is 0.983 bits per heavy atom. The van der Waals surface area contributed by atoms with Crippen LogP contribution in [0.3, 0.4) is 0 Å². The molecule has 58 heavy (non-hydrogen) atoms. The Labute approximate surface area is 337 Å². The minimum atomic E-state index is -0.742. The molecule has 1 aliphatic carbocycles. The maximum atomic E-state index is 13.9. The molecule has 9 rings (SSSR count). The van der Waals surface area contributed by atoms with Gasteiger partial charge in [0.25, 0.3) is 0 Å². The summed E-state index contributed by atoms with van der Waals surface area (Å²) in [5.74, 6) is 2.56. The van der Waals surface area contributed by atoms with E-state index in [-0.39, 0.29) is 42.0 Å². The number of fused-ring (bicyclic) bond motifs is 7. The van der Waals surface area contributed by atoms with Crippen molar-refractivity contribution in [2.24, 2.45) is 17.8 Å². The average Bonchev–Trinajstić information content (AvgIpc) is 3.66. The number of imidazole rings is 2. The van der Waals surface area contributed by atoms with Gasteiger partial charge in [-0.3, -0.25) is 9.69 Å². The van der Waals surface area contributed by atoms with Gasteiger partial charge in [-0.1, -0.05) is 32.0 Å². The summed E-state index contributed by atoms with van der Waals surface area (Å²) in [4.78, 5) is 60.0. The van der Waals surface area contributed by atoms with Gasteiger partial charge >= 0.3 is 12.2 Å². The lowest BCUT2D eigenvalue weighted by atomic mass is 9.92. The van der Waals surface area contributed by atoms with Crippen LogP contribution in [0.2, 0.25) is 0 Å². The Bertz CT molecular complexity index is 2430. The molecule has 0 spiro atoms. The summed E-state index contributed by atoms with van der Waals surface area (Å²) in [5.41, 5.74) is 6.17. The normalized spacial score (nSPS) is 22.7. The Balaban J connectivity index is 0.975. The van der Waals surface area contributed by atoms with Crippen LogP contribution in [0, 0.1) is 17.8 Å². The number of carbonyl (C=O) groups is 3. The first kappa shape index (κ1) is 37.9. The van der Waals surface area contributed by atoms with E-state index < -0.39 is 17.7 Å². The van der Waals surface area contributed by atoms with E-state index in [0.29, 0.717) is 37.9 Å². The Kier molecular flexibility index (Phi) is 9.37. The molecule has 0 bridgehead atoms. The number of rotatable bonds is 8. The number of likely N-dealkylation sites (tertiary alicyclic amines) is 2. The van der Waals surface area contributed by atoms with Crippen molar-refractivity contribution < 1.29 is 33.3 Å². The Morgan fingerprint density at radius 3 is 2.57 bits per heavy atom. The van der Waals surface area contributed by atoms with Crippen molar-refractivity contribution in [1.82, 2.24) is 35.1 Å². The number of benzene rings is 3. The fourth-order valence-electron chi connectivity index (χ4n) is 9.23. The number of aromatic nitrogens is 4. The number of H-pyrrole nitrogens is 2. The molecular formula is C44H51N7O7. The molecule has 3 fully saturated rings. The molecule has 14 heteroatoms. The van der Waals surface area contributed by atoms with Crippen LogP contribution in [0.25, 0.3) is 44.2 Å². The SMILES string of the molecule is COC[C@H]1C[C@H](c2ncc(-c3ccc4c(c3)COc3cc5c(ccc6nc([C@H]7C[C@H]8C[C@H]8N7C(=O)OC(C)(C)C)[nH]c65)cc3-4)[nH]2)N(C(=O)[C@@H](NC(=O)OC)C(C)C)C1. The lowest BCUT2D eigenvalue weighted by molar-refractivity contribution is -0.135. The van der Waals surface area contributed by atoms with Gasteiger partial charge < -0.3 is 39.1 Å². The van der Waals surface area contributed by atoms with E-state index >= 15 is 0 Å².